The van der Waals surface area contributed by atoms with Gasteiger partial charge in [0, 0.05) is 16.1 Å². The Morgan fingerprint density at radius 1 is 1.30 bits per heavy atom. The fraction of sp³-hybridized carbons (Fsp3) is 0.529. The van der Waals surface area contributed by atoms with E-state index in [1.807, 2.05) is 13.8 Å². The third-order valence-electron chi connectivity index (χ3n) is 4.40. The number of halogens is 2. The fourth-order valence-corrected chi connectivity index (χ4v) is 3.46. The molecular weight excluding hydrogens is 337 g/mol. The van der Waals surface area contributed by atoms with Crippen molar-refractivity contribution in [3.05, 3.63) is 33.8 Å². The zero-order valence-corrected chi connectivity index (χ0v) is 15.0. The minimum absolute atomic E-state index is 0.0111. The Morgan fingerprint density at radius 3 is 2.61 bits per heavy atom. The van der Waals surface area contributed by atoms with E-state index in [0.717, 1.165) is 0 Å². The van der Waals surface area contributed by atoms with Crippen molar-refractivity contribution in [3.8, 4) is 0 Å². The third-order valence-corrected chi connectivity index (χ3v) is 4.98. The molecule has 3 unspecified atom stereocenters. The molecule has 4 nitrogen and oxygen atoms in total. The maximum atomic E-state index is 12.8. The maximum absolute atomic E-state index is 12.8. The normalized spacial score (nSPS) is 23.9. The number of hydrogen-bond donors (Lipinski definition) is 0. The van der Waals surface area contributed by atoms with Crippen LogP contribution in [-0.2, 0) is 20.7 Å². The van der Waals surface area contributed by atoms with Crippen molar-refractivity contribution in [1.29, 1.82) is 0 Å². The van der Waals surface area contributed by atoms with Crippen LogP contribution in [-0.4, -0.2) is 35.5 Å². The average Bonchev–Trinajstić information content (AvgIpc) is 2.78. The van der Waals surface area contributed by atoms with E-state index in [0.29, 0.717) is 28.6 Å². The first-order valence-corrected chi connectivity index (χ1v) is 8.52. The van der Waals surface area contributed by atoms with Crippen LogP contribution in [0.1, 0.15) is 32.8 Å². The Morgan fingerprint density at radius 2 is 2.00 bits per heavy atom. The van der Waals surface area contributed by atoms with Crippen LogP contribution in [0.4, 0.5) is 0 Å². The summed E-state index contributed by atoms with van der Waals surface area (Å²) in [6.45, 7) is 6.08. The summed E-state index contributed by atoms with van der Waals surface area (Å²) in [6.07, 6.45) is 0.767. The molecule has 0 radical (unpaired) electrons. The van der Waals surface area contributed by atoms with E-state index in [1.165, 1.54) is 0 Å². The van der Waals surface area contributed by atoms with E-state index >= 15 is 0 Å². The van der Waals surface area contributed by atoms with Crippen LogP contribution in [0, 0.1) is 5.92 Å². The molecule has 0 aliphatic carbocycles. The van der Waals surface area contributed by atoms with Gasteiger partial charge in [0.2, 0.25) is 5.91 Å². The highest BCUT2D eigenvalue weighted by atomic mass is 35.5. The van der Waals surface area contributed by atoms with Crippen molar-refractivity contribution in [2.75, 3.05) is 6.61 Å². The number of carbonyl (C=O) groups excluding carboxylic acids is 2. The summed E-state index contributed by atoms with van der Waals surface area (Å²) in [5.41, 5.74) is 0.704. The number of rotatable bonds is 4. The molecule has 126 valence electrons. The molecule has 23 heavy (non-hydrogen) atoms. The molecule has 1 fully saturated rings. The Kier molecular flexibility index (Phi) is 5.93. The van der Waals surface area contributed by atoms with Gasteiger partial charge in [0.05, 0.1) is 13.0 Å². The van der Waals surface area contributed by atoms with Crippen molar-refractivity contribution in [2.45, 2.75) is 45.7 Å². The first-order chi connectivity index (χ1) is 10.8. The number of nitrogens with zero attached hydrogens (tertiary/aromatic N) is 1. The topological polar surface area (TPSA) is 46.6 Å². The molecule has 2 rings (SSSR count). The fourth-order valence-electron chi connectivity index (χ4n) is 2.99. The van der Waals surface area contributed by atoms with Crippen LogP contribution in [0.3, 0.4) is 0 Å². The number of carbonyl (C=O) groups is 2. The molecule has 1 heterocycles. The number of hydrogen-bond acceptors (Lipinski definition) is 3. The largest absolute Gasteiger partial charge is 0.464 e. The number of benzene rings is 1. The summed E-state index contributed by atoms with van der Waals surface area (Å²) in [5.74, 6) is -0.211. The van der Waals surface area contributed by atoms with Gasteiger partial charge in [-0.2, -0.15) is 0 Å². The lowest BCUT2D eigenvalue weighted by Crippen LogP contribution is -2.45. The van der Waals surface area contributed by atoms with Crippen LogP contribution in [0.15, 0.2) is 18.2 Å². The third kappa shape index (κ3) is 3.99. The number of ether oxygens (including phenoxy) is 1. The Bertz CT molecular complexity index is 606. The SMILES string of the molecule is CCOC(=O)C1CC(C)C(C)N1C(=O)Cc1ccc(Cl)cc1Cl. The van der Waals surface area contributed by atoms with Crippen LogP contribution in [0.2, 0.25) is 10.0 Å². The van der Waals surface area contributed by atoms with Gasteiger partial charge in [-0.05, 0) is 43.9 Å². The van der Waals surface area contributed by atoms with Crippen molar-refractivity contribution >= 4 is 35.1 Å². The lowest BCUT2D eigenvalue weighted by Gasteiger charge is -2.28. The van der Waals surface area contributed by atoms with Crippen LogP contribution >= 0.6 is 23.2 Å². The van der Waals surface area contributed by atoms with Gasteiger partial charge < -0.3 is 9.64 Å². The van der Waals surface area contributed by atoms with E-state index in [9.17, 15) is 9.59 Å². The molecular formula is C17H21Cl2NO3. The van der Waals surface area contributed by atoms with E-state index in [-0.39, 0.29) is 30.3 Å². The predicted molar refractivity (Wildman–Crippen MR) is 90.7 cm³/mol. The second kappa shape index (κ2) is 7.54. The van der Waals surface area contributed by atoms with Gasteiger partial charge in [0.1, 0.15) is 6.04 Å². The smallest absolute Gasteiger partial charge is 0.328 e. The molecule has 1 amide bonds. The summed E-state index contributed by atoms with van der Waals surface area (Å²) in [4.78, 5) is 26.6. The molecule has 0 spiro atoms. The van der Waals surface area contributed by atoms with E-state index in [4.69, 9.17) is 27.9 Å². The van der Waals surface area contributed by atoms with Gasteiger partial charge in [0.25, 0.3) is 0 Å². The van der Waals surface area contributed by atoms with Gasteiger partial charge in [-0.15, -0.1) is 0 Å². The number of amides is 1. The lowest BCUT2D eigenvalue weighted by molar-refractivity contribution is -0.153. The standard InChI is InChI=1S/C17H21Cl2NO3/c1-4-23-17(22)15-7-10(2)11(3)20(15)16(21)8-12-5-6-13(18)9-14(12)19/h5-6,9-11,15H,4,7-8H2,1-3H3. The first kappa shape index (κ1) is 18.1. The number of esters is 1. The van der Waals surface area contributed by atoms with Crippen LogP contribution < -0.4 is 0 Å². The number of likely N-dealkylation sites (tertiary alicyclic amines) is 1. The molecule has 1 aromatic rings. The van der Waals surface area contributed by atoms with Gasteiger partial charge in [-0.1, -0.05) is 36.2 Å². The molecule has 0 saturated carbocycles. The van der Waals surface area contributed by atoms with Gasteiger partial charge in [-0.3, -0.25) is 4.79 Å². The Balaban J connectivity index is 2.19. The van der Waals surface area contributed by atoms with Gasteiger partial charge in [-0.25, -0.2) is 4.79 Å². The van der Waals surface area contributed by atoms with Crippen molar-refractivity contribution in [3.63, 3.8) is 0 Å². The Labute approximate surface area is 146 Å². The van der Waals surface area contributed by atoms with E-state index in [1.54, 1.807) is 30.0 Å². The highest BCUT2D eigenvalue weighted by molar-refractivity contribution is 6.35. The molecule has 0 N–H and O–H groups in total. The summed E-state index contributed by atoms with van der Waals surface area (Å²) in [7, 11) is 0. The maximum Gasteiger partial charge on any atom is 0.328 e. The predicted octanol–water partition coefficient (Wildman–Crippen LogP) is 3.72. The quantitative estimate of drug-likeness (QED) is 0.771. The molecule has 1 aliphatic rings. The van der Waals surface area contributed by atoms with E-state index in [2.05, 4.69) is 0 Å². The van der Waals surface area contributed by atoms with Gasteiger partial charge in [0.15, 0.2) is 0 Å². The molecule has 1 aromatic carbocycles. The van der Waals surface area contributed by atoms with Crippen LogP contribution in [0.5, 0.6) is 0 Å². The van der Waals surface area contributed by atoms with E-state index < -0.39 is 6.04 Å². The van der Waals surface area contributed by atoms with Gasteiger partial charge >= 0.3 is 5.97 Å². The summed E-state index contributed by atoms with van der Waals surface area (Å²) < 4.78 is 5.12. The van der Waals surface area contributed by atoms with Crippen molar-refractivity contribution < 1.29 is 14.3 Å². The second-order valence-corrected chi connectivity index (χ2v) is 6.78. The Hall–Kier alpha value is -1.26. The lowest BCUT2D eigenvalue weighted by atomic mass is 10.0. The average molecular weight is 358 g/mol. The first-order valence-electron chi connectivity index (χ1n) is 7.76. The minimum Gasteiger partial charge on any atom is -0.464 e. The highest BCUT2D eigenvalue weighted by Gasteiger charge is 2.43. The molecule has 1 saturated heterocycles. The molecule has 0 bridgehead atoms. The minimum atomic E-state index is -0.515. The van der Waals surface area contributed by atoms with Crippen LogP contribution in [0.25, 0.3) is 0 Å². The highest BCUT2D eigenvalue weighted by Crippen LogP contribution is 2.31. The zero-order valence-electron chi connectivity index (χ0n) is 13.5. The molecule has 6 heteroatoms. The summed E-state index contributed by atoms with van der Waals surface area (Å²) >= 11 is 12.0. The summed E-state index contributed by atoms with van der Waals surface area (Å²) in [5, 5.41) is 0.984. The molecule has 3 atom stereocenters. The summed E-state index contributed by atoms with van der Waals surface area (Å²) in [6, 6.07) is 4.53. The van der Waals surface area contributed by atoms with Crippen molar-refractivity contribution in [1.82, 2.24) is 4.90 Å². The zero-order chi connectivity index (χ0) is 17.1. The monoisotopic (exact) mass is 357 g/mol. The van der Waals surface area contributed by atoms with Crippen molar-refractivity contribution in [2.24, 2.45) is 5.92 Å². The second-order valence-electron chi connectivity index (χ2n) is 5.93. The molecule has 0 aromatic heterocycles. The molecule has 1 aliphatic heterocycles.